The third-order valence-corrected chi connectivity index (χ3v) is 8.05. The minimum atomic E-state index is -1.01. The smallest absolute Gasteiger partial charge is 0.194 e. The van der Waals surface area contributed by atoms with Gasteiger partial charge in [0, 0.05) is 52.7 Å². The van der Waals surface area contributed by atoms with Gasteiger partial charge in [0.2, 0.25) is 0 Å². The summed E-state index contributed by atoms with van der Waals surface area (Å²) in [6.45, 7) is 6.52. The molecule has 0 saturated carbocycles. The molecule has 0 unspecified atom stereocenters. The van der Waals surface area contributed by atoms with Gasteiger partial charge in [0.25, 0.3) is 0 Å². The first-order valence-electron chi connectivity index (χ1n) is 14.3. The highest BCUT2D eigenvalue weighted by Crippen LogP contribution is 2.57. The fourth-order valence-electron chi connectivity index (χ4n) is 6.12. The van der Waals surface area contributed by atoms with Crippen molar-refractivity contribution in [1.82, 2.24) is 0 Å². The SMILES string of the molecule is CCCCN(CCCC)c1ccc2c(c1)O[C@@]1(c3ccccc3)C(=C2c2ccccc2)C(=O)c2ccccc21. The molecule has 39 heavy (non-hydrogen) atoms. The van der Waals surface area contributed by atoms with Gasteiger partial charge < -0.3 is 9.64 Å². The van der Waals surface area contributed by atoms with Gasteiger partial charge in [-0.25, -0.2) is 0 Å². The number of carbonyl (C=O) groups excluding carboxylic acids is 1. The maximum absolute atomic E-state index is 14.3. The van der Waals surface area contributed by atoms with Crippen molar-refractivity contribution in [3.8, 4) is 5.75 Å². The maximum Gasteiger partial charge on any atom is 0.194 e. The zero-order chi connectivity index (χ0) is 26.8. The van der Waals surface area contributed by atoms with Crippen LogP contribution < -0.4 is 9.64 Å². The van der Waals surface area contributed by atoms with Crippen molar-refractivity contribution in [3.05, 3.63) is 137 Å². The Balaban J connectivity index is 1.63. The predicted octanol–water partition coefficient (Wildman–Crippen LogP) is 8.43. The van der Waals surface area contributed by atoms with E-state index >= 15 is 0 Å². The lowest BCUT2D eigenvalue weighted by atomic mass is 9.77. The Morgan fingerprint density at radius 1 is 0.718 bits per heavy atom. The number of rotatable bonds is 9. The van der Waals surface area contributed by atoms with Gasteiger partial charge in [0.05, 0.1) is 5.57 Å². The summed E-state index contributed by atoms with van der Waals surface area (Å²) in [5.41, 5.74) is 6.42. The third-order valence-electron chi connectivity index (χ3n) is 8.05. The topological polar surface area (TPSA) is 29.5 Å². The molecule has 4 aromatic rings. The van der Waals surface area contributed by atoms with E-state index in [0.29, 0.717) is 11.1 Å². The number of unbranched alkanes of at least 4 members (excludes halogenated alkanes) is 2. The summed E-state index contributed by atoms with van der Waals surface area (Å²) < 4.78 is 7.17. The van der Waals surface area contributed by atoms with Gasteiger partial charge in [-0.2, -0.15) is 0 Å². The number of hydrogen-bond donors (Lipinski definition) is 0. The van der Waals surface area contributed by atoms with Crippen LogP contribution in [-0.2, 0) is 5.60 Å². The molecular formula is C36H35NO2. The summed E-state index contributed by atoms with van der Waals surface area (Å²) in [6.07, 6.45) is 4.61. The van der Waals surface area contributed by atoms with Crippen LogP contribution >= 0.6 is 0 Å². The van der Waals surface area contributed by atoms with Crippen LogP contribution in [0.15, 0.2) is 109 Å². The lowest BCUT2D eigenvalue weighted by Crippen LogP contribution is -2.38. The molecule has 3 nitrogen and oxygen atoms in total. The second kappa shape index (κ2) is 10.6. The normalized spacial score (nSPS) is 17.3. The van der Waals surface area contributed by atoms with Crippen LogP contribution in [0.4, 0.5) is 5.69 Å². The van der Waals surface area contributed by atoms with E-state index in [-0.39, 0.29) is 5.78 Å². The molecule has 1 heterocycles. The van der Waals surface area contributed by atoms with Crippen molar-refractivity contribution in [3.63, 3.8) is 0 Å². The van der Waals surface area contributed by atoms with E-state index in [4.69, 9.17) is 4.74 Å². The Morgan fingerprint density at radius 2 is 1.36 bits per heavy atom. The van der Waals surface area contributed by atoms with Crippen LogP contribution in [0.2, 0.25) is 0 Å². The molecular weight excluding hydrogens is 478 g/mol. The fourth-order valence-corrected chi connectivity index (χ4v) is 6.12. The van der Waals surface area contributed by atoms with Crippen molar-refractivity contribution in [2.24, 2.45) is 0 Å². The van der Waals surface area contributed by atoms with E-state index in [1.807, 2.05) is 54.6 Å². The zero-order valence-corrected chi connectivity index (χ0v) is 22.8. The second-order valence-electron chi connectivity index (χ2n) is 10.5. The monoisotopic (exact) mass is 513 g/mol. The summed E-state index contributed by atoms with van der Waals surface area (Å²) in [7, 11) is 0. The molecule has 2 aliphatic rings. The van der Waals surface area contributed by atoms with Crippen molar-refractivity contribution in [2.75, 3.05) is 18.0 Å². The summed E-state index contributed by atoms with van der Waals surface area (Å²) in [5.74, 6) is 0.858. The highest BCUT2D eigenvalue weighted by molar-refractivity contribution is 6.22. The lowest BCUT2D eigenvalue weighted by molar-refractivity contribution is 0.0978. The molecule has 1 atom stereocenters. The van der Waals surface area contributed by atoms with Crippen molar-refractivity contribution >= 4 is 17.0 Å². The molecule has 4 aromatic carbocycles. The van der Waals surface area contributed by atoms with E-state index in [2.05, 4.69) is 67.3 Å². The molecule has 0 spiro atoms. The third kappa shape index (κ3) is 4.17. The standard InChI is InChI=1S/C36H35NO2/c1-3-5-23-37(24-6-4-2)28-21-22-30-32(25-28)39-36(27-17-11-8-12-18-27)31-20-14-13-19-29(31)35(38)34(36)33(30)26-15-9-7-10-16-26/h7-22,25H,3-6,23-24H2,1-2H3/t36-/m1/s1. The van der Waals surface area contributed by atoms with Crippen LogP contribution in [0.1, 0.15) is 72.1 Å². The largest absolute Gasteiger partial charge is 0.472 e. The molecule has 0 amide bonds. The average Bonchev–Trinajstić information content (AvgIpc) is 3.25. The van der Waals surface area contributed by atoms with E-state index in [0.717, 1.165) is 72.3 Å². The van der Waals surface area contributed by atoms with Gasteiger partial charge in [-0.1, -0.05) is 112 Å². The van der Waals surface area contributed by atoms with E-state index < -0.39 is 5.60 Å². The van der Waals surface area contributed by atoms with Gasteiger partial charge in [-0.3, -0.25) is 4.79 Å². The zero-order valence-electron chi connectivity index (χ0n) is 22.8. The molecule has 1 aliphatic heterocycles. The Bertz CT molecular complexity index is 1510. The quantitative estimate of drug-likeness (QED) is 0.225. The van der Waals surface area contributed by atoms with E-state index in [1.54, 1.807) is 0 Å². The van der Waals surface area contributed by atoms with Crippen LogP contribution in [0.5, 0.6) is 5.75 Å². The van der Waals surface area contributed by atoms with E-state index in [1.165, 1.54) is 5.69 Å². The molecule has 0 fully saturated rings. The molecule has 0 bridgehead atoms. The fraction of sp³-hybridized carbons (Fsp3) is 0.250. The van der Waals surface area contributed by atoms with E-state index in [9.17, 15) is 4.79 Å². The second-order valence-corrected chi connectivity index (χ2v) is 10.5. The number of anilines is 1. The highest BCUT2D eigenvalue weighted by Gasteiger charge is 2.55. The number of fused-ring (bicyclic) bond motifs is 4. The summed E-state index contributed by atoms with van der Waals surface area (Å²) in [6, 6.07) is 35.1. The Labute approximate surface area is 231 Å². The van der Waals surface area contributed by atoms with Gasteiger partial charge in [0.1, 0.15) is 5.75 Å². The van der Waals surface area contributed by atoms with Crippen molar-refractivity contribution < 1.29 is 9.53 Å². The molecule has 196 valence electrons. The van der Waals surface area contributed by atoms with Crippen LogP contribution in [0, 0.1) is 0 Å². The first-order chi connectivity index (χ1) is 19.2. The summed E-state index contributed by atoms with van der Waals surface area (Å²) in [4.78, 5) is 16.8. The van der Waals surface area contributed by atoms with Gasteiger partial charge >= 0.3 is 0 Å². The minimum Gasteiger partial charge on any atom is -0.472 e. The number of ketones is 1. The number of ether oxygens (including phenoxy) is 1. The number of nitrogens with zero attached hydrogens (tertiary/aromatic N) is 1. The lowest BCUT2D eigenvalue weighted by Gasteiger charge is -2.39. The van der Waals surface area contributed by atoms with Crippen molar-refractivity contribution in [1.29, 1.82) is 0 Å². The Hall–Kier alpha value is -4.11. The average molecular weight is 514 g/mol. The maximum atomic E-state index is 14.3. The van der Waals surface area contributed by atoms with Crippen LogP contribution in [-0.4, -0.2) is 18.9 Å². The van der Waals surface area contributed by atoms with Crippen LogP contribution in [0.3, 0.4) is 0 Å². The Morgan fingerprint density at radius 3 is 2.05 bits per heavy atom. The molecule has 6 rings (SSSR count). The summed E-state index contributed by atoms with van der Waals surface area (Å²) in [5, 5.41) is 0. The molecule has 3 heteroatoms. The number of Topliss-reactive ketones (excluding diaryl/α,β-unsaturated/α-hetero) is 1. The number of carbonyl (C=O) groups is 1. The summed E-state index contributed by atoms with van der Waals surface area (Å²) >= 11 is 0. The highest BCUT2D eigenvalue weighted by atomic mass is 16.5. The first-order valence-corrected chi connectivity index (χ1v) is 14.3. The van der Waals surface area contributed by atoms with Gasteiger partial charge in [-0.05, 0) is 30.5 Å². The van der Waals surface area contributed by atoms with Gasteiger partial charge in [-0.15, -0.1) is 0 Å². The van der Waals surface area contributed by atoms with Crippen LogP contribution in [0.25, 0.3) is 5.57 Å². The predicted molar refractivity (Wildman–Crippen MR) is 160 cm³/mol. The minimum absolute atomic E-state index is 0.0375. The molecule has 0 aromatic heterocycles. The Kier molecular flexibility index (Phi) is 6.83. The molecule has 0 radical (unpaired) electrons. The van der Waals surface area contributed by atoms with Crippen molar-refractivity contribution in [2.45, 2.75) is 45.1 Å². The number of benzene rings is 4. The van der Waals surface area contributed by atoms with Gasteiger partial charge in [0.15, 0.2) is 11.4 Å². The molecule has 1 aliphatic carbocycles. The molecule has 0 saturated heterocycles. The molecule has 0 N–H and O–H groups in total. The number of hydrogen-bond acceptors (Lipinski definition) is 3. The first kappa shape index (κ1) is 25.2.